The van der Waals surface area contributed by atoms with E-state index in [1.165, 1.54) is 17.4 Å². The number of fused-ring (bicyclic) bond motifs is 1. The van der Waals surface area contributed by atoms with Crippen LogP contribution in [-0.4, -0.2) is 23.4 Å². The van der Waals surface area contributed by atoms with Crippen LogP contribution in [0, 0.1) is 0 Å². The molecule has 3 nitrogen and oxygen atoms in total. The average molecular weight is 267 g/mol. The summed E-state index contributed by atoms with van der Waals surface area (Å²) < 4.78 is 18.4. The van der Waals surface area contributed by atoms with Crippen molar-refractivity contribution < 1.29 is 14.2 Å². The number of hydrogen-bond donors (Lipinski definition) is 1. The second-order valence-electron chi connectivity index (χ2n) is 3.63. The molecule has 0 aliphatic heterocycles. The van der Waals surface area contributed by atoms with Gasteiger partial charge >= 0.3 is 0 Å². The van der Waals surface area contributed by atoms with E-state index < -0.39 is 6.67 Å². The van der Waals surface area contributed by atoms with Crippen LogP contribution in [0.15, 0.2) is 30.4 Å². The van der Waals surface area contributed by atoms with Crippen LogP contribution in [0.1, 0.15) is 11.4 Å². The van der Waals surface area contributed by atoms with Gasteiger partial charge in [0.25, 0.3) is 0 Å². The first-order valence-corrected chi connectivity index (χ1v) is 6.50. The van der Waals surface area contributed by atoms with Gasteiger partial charge in [0.05, 0.1) is 23.4 Å². The number of aromatic nitrogens is 1. The topological polar surface area (TPSA) is 42.4 Å². The molecule has 0 aliphatic carbocycles. The predicted molar refractivity (Wildman–Crippen MR) is 70.8 cm³/mol. The van der Waals surface area contributed by atoms with Crippen LogP contribution in [0.25, 0.3) is 10.2 Å². The van der Waals surface area contributed by atoms with Crippen LogP contribution in [0.4, 0.5) is 4.39 Å². The van der Waals surface area contributed by atoms with Gasteiger partial charge in [-0.25, -0.2) is 9.37 Å². The Morgan fingerprint density at radius 1 is 1.39 bits per heavy atom. The van der Waals surface area contributed by atoms with Gasteiger partial charge in [0.15, 0.2) is 0 Å². The van der Waals surface area contributed by atoms with Crippen LogP contribution in [0.3, 0.4) is 0 Å². The van der Waals surface area contributed by atoms with Gasteiger partial charge in [0.2, 0.25) is 0 Å². The van der Waals surface area contributed by atoms with Crippen LogP contribution >= 0.6 is 11.3 Å². The first-order chi connectivity index (χ1) is 8.85. The number of thiazole rings is 1. The molecule has 1 aromatic heterocycles. The standard InChI is InChI=1S/C13H14FNO2S/c14-7-2-1-3-8-17-11-6-4-5-10-13(11)18-12(9-16)15-10/h1-2,4-6,16H,3,7-9H2/b2-1-. The molecule has 1 aromatic carbocycles. The van der Waals surface area contributed by atoms with Gasteiger partial charge < -0.3 is 9.84 Å². The molecule has 0 bridgehead atoms. The zero-order valence-corrected chi connectivity index (χ0v) is 10.6. The van der Waals surface area contributed by atoms with Crippen LogP contribution in [0.2, 0.25) is 0 Å². The van der Waals surface area contributed by atoms with E-state index in [1.807, 2.05) is 18.2 Å². The van der Waals surface area contributed by atoms with Crippen molar-refractivity contribution in [1.29, 1.82) is 0 Å². The molecule has 2 rings (SSSR count). The Morgan fingerprint density at radius 2 is 2.28 bits per heavy atom. The Hall–Kier alpha value is -1.46. The van der Waals surface area contributed by atoms with Crippen LogP contribution in [0.5, 0.6) is 5.75 Å². The molecule has 0 atom stereocenters. The number of alkyl halides is 1. The molecule has 2 aromatic rings. The minimum absolute atomic E-state index is 0.0575. The van der Waals surface area contributed by atoms with E-state index in [-0.39, 0.29) is 6.61 Å². The number of halogens is 1. The molecule has 0 saturated carbocycles. The molecule has 1 heterocycles. The zero-order chi connectivity index (χ0) is 12.8. The molecular formula is C13H14FNO2S. The normalized spacial score (nSPS) is 11.4. The van der Waals surface area contributed by atoms with Gasteiger partial charge in [-0.3, -0.25) is 0 Å². The number of aliphatic hydroxyl groups is 1. The number of nitrogens with zero attached hydrogens (tertiary/aromatic N) is 1. The maximum absolute atomic E-state index is 11.8. The molecule has 0 aliphatic rings. The lowest BCUT2D eigenvalue weighted by Crippen LogP contribution is -1.95. The van der Waals surface area contributed by atoms with Gasteiger partial charge in [0, 0.05) is 0 Å². The van der Waals surface area contributed by atoms with Crippen LogP contribution in [-0.2, 0) is 6.61 Å². The SMILES string of the molecule is OCc1nc2cccc(OCC/C=C\CF)c2s1. The number of aliphatic hydroxyl groups excluding tert-OH is 1. The van der Waals surface area contributed by atoms with E-state index >= 15 is 0 Å². The highest BCUT2D eigenvalue weighted by molar-refractivity contribution is 7.18. The van der Waals surface area contributed by atoms with Crippen molar-refractivity contribution in [3.05, 3.63) is 35.4 Å². The molecule has 0 fully saturated rings. The molecule has 0 saturated heterocycles. The lowest BCUT2D eigenvalue weighted by molar-refractivity contribution is 0.281. The third-order valence-corrected chi connectivity index (χ3v) is 3.43. The molecule has 0 radical (unpaired) electrons. The Bertz CT molecular complexity index is 539. The van der Waals surface area contributed by atoms with Crippen molar-refractivity contribution in [3.8, 4) is 5.75 Å². The predicted octanol–water partition coefficient (Wildman–Crippen LogP) is 3.08. The van der Waals surface area contributed by atoms with Crippen molar-refractivity contribution in [2.24, 2.45) is 0 Å². The lowest BCUT2D eigenvalue weighted by atomic mass is 10.3. The van der Waals surface area contributed by atoms with Crippen molar-refractivity contribution >= 4 is 21.6 Å². The first-order valence-electron chi connectivity index (χ1n) is 5.68. The fraction of sp³-hybridized carbons (Fsp3) is 0.308. The van der Waals surface area contributed by atoms with E-state index in [0.717, 1.165) is 16.0 Å². The van der Waals surface area contributed by atoms with Crippen molar-refractivity contribution in [2.75, 3.05) is 13.3 Å². The summed E-state index contributed by atoms with van der Waals surface area (Å²) in [6.07, 6.45) is 3.90. The largest absolute Gasteiger partial charge is 0.492 e. The van der Waals surface area contributed by atoms with Crippen LogP contribution < -0.4 is 4.74 Å². The summed E-state index contributed by atoms with van der Waals surface area (Å²) in [6, 6.07) is 5.64. The lowest BCUT2D eigenvalue weighted by Gasteiger charge is -2.04. The van der Waals surface area contributed by atoms with Gasteiger partial charge in [-0.05, 0) is 18.6 Å². The van der Waals surface area contributed by atoms with Crippen molar-refractivity contribution in [2.45, 2.75) is 13.0 Å². The highest BCUT2D eigenvalue weighted by atomic mass is 32.1. The van der Waals surface area contributed by atoms with Gasteiger partial charge in [0.1, 0.15) is 17.4 Å². The second kappa shape index (κ2) is 6.47. The Kier molecular flexibility index (Phi) is 4.66. The summed E-state index contributed by atoms with van der Waals surface area (Å²) >= 11 is 1.43. The number of benzene rings is 1. The Morgan fingerprint density at radius 3 is 3.06 bits per heavy atom. The highest BCUT2D eigenvalue weighted by Gasteiger charge is 2.07. The summed E-state index contributed by atoms with van der Waals surface area (Å²) in [5.74, 6) is 0.762. The molecule has 1 N–H and O–H groups in total. The molecule has 0 amide bonds. The van der Waals surface area contributed by atoms with E-state index in [9.17, 15) is 4.39 Å². The summed E-state index contributed by atoms with van der Waals surface area (Å²) in [5.41, 5.74) is 0.834. The third kappa shape index (κ3) is 3.05. The minimum Gasteiger partial charge on any atom is -0.492 e. The molecule has 0 spiro atoms. The number of allylic oxidation sites excluding steroid dienone is 1. The Labute approximate surface area is 109 Å². The molecule has 18 heavy (non-hydrogen) atoms. The maximum atomic E-state index is 11.8. The van der Waals surface area contributed by atoms with E-state index in [0.29, 0.717) is 18.0 Å². The average Bonchev–Trinajstić information content (AvgIpc) is 2.82. The first kappa shape index (κ1) is 13.0. The monoisotopic (exact) mass is 267 g/mol. The maximum Gasteiger partial charge on any atom is 0.138 e. The fourth-order valence-corrected chi connectivity index (χ4v) is 2.46. The smallest absolute Gasteiger partial charge is 0.138 e. The summed E-state index contributed by atoms with van der Waals surface area (Å²) in [7, 11) is 0. The fourth-order valence-electron chi connectivity index (χ4n) is 1.57. The molecule has 0 unspecified atom stereocenters. The van der Waals surface area contributed by atoms with E-state index in [2.05, 4.69) is 4.98 Å². The van der Waals surface area contributed by atoms with Crippen molar-refractivity contribution in [3.63, 3.8) is 0 Å². The highest BCUT2D eigenvalue weighted by Crippen LogP contribution is 2.31. The second-order valence-corrected chi connectivity index (χ2v) is 4.72. The summed E-state index contributed by atoms with van der Waals surface area (Å²) in [5, 5.41) is 9.74. The van der Waals surface area contributed by atoms with Gasteiger partial charge in [-0.1, -0.05) is 18.2 Å². The minimum atomic E-state index is -0.440. The van der Waals surface area contributed by atoms with E-state index in [1.54, 1.807) is 6.08 Å². The molecule has 96 valence electrons. The number of hydrogen-bond acceptors (Lipinski definition) is 4. The zero-order valence-electron chi connectivity index (χ0n) is 9.80. The Balaban J connectivity index is 2.07. The summed E-state index contributed by atoms with van der Waals surface area (Å²) in [6.45, 7) is 0.00425. The summed E-state index contributed by atoms with van der Waals surface area (Å²) in [4.78, 5) is 4.27. The van der Waals surface area contributed by atoms with Crippen molar-refractivity contribution in [1.82, 2.24) is 4.98 Å². The third-order valence-electron chi connectivity index (χ3n) is 2.36. The molecule has 5 heteroatoms. The van der Waals surface area contributed by atoms with E-state index in [4.69, 9.17) is 9.84 Å². The van der Waals surface area contributed by atoms with Gasteiger partial charge in [-0.2, -0.15) is 0 Å². The molecular weight excluding hydrogens is 253 g/mol. The number of ether oxygens (including phenoxy) is 1. The quantitative estimate of drug-likeness (QED) is 0.646. The van der Waals surface area contributed by atoms with Gasteiger partial charge in [-0.15, -0.1) is 11.3 Å². The number of rotatable bonds is 6.